The highest BCUT2D eigenvalue weighted by Crippen LogP contribution is 2.16. The predicted octanol–water partition coefficient (Wildman–Crippen LogP) is 1.26. The van der Waals surface area contributed by atoms with Crippen LogP contribution in [0.3, 0.4) is 0 Å². The number of fused-ring (bicyclic) bond motifs is 1. The van der Waals surface area contributed by atoms with Gasteiger partial charge in [0.05, 0.1) is 23.0 Å². The van der Waals surface area contributed by atoms with Crippen LogP contribution >= 0.6 is 0 Å². The first-order valence-electron chi connectivity index (χ1n) is 9.42. The van der Waals surface area contributed by atoms with Gasteiger partial charge in [-0.2, -0.15) is 0 Å². The van der Waals surface area contributed by atoms with Gasteiger partial charge in [0, 0.05) is 26.2 Å². The molecule has 1 amide bonds. The molecule has 1 saturated heterocycles. The molecule has 1 aliphatic heterocycles. The number of amides is 1. The van der Waals surface area contributed by atoms with E-state index in [1.807, 2.05) is 7.05 Å². The lowest BCUT2D eigenvalue weighted by atomic mass is 10.1. The molecule has 2 aromatic carbocycles. The topological polar surface area (TPSA) is 78.4 Å². The number of piperazine rings is 1. The van der Waals surface area contributed by atoms with Crippen molar-refractivity contribution < 1.29 is 9.18 Å². The Hall–Kier alpha value is -3.26. The molecule has 0 saturated carbocycles. The van der Waals surface area contributed by atoms with Crippen molar-refractivity contribution >= 4 is 16.8 Å². The van der Waals surface area contributed by atoms with Crippen LogP contribution in [-0.4, -0.2) is 58.5 Å². The number of nitrogens with one attached hydrogen (secondary N) is 1. The Balaban J connectivity index is 1.69. The van der Waals surface area contributed by atoms with E-state index in [1.54, 1.807) is 35.2 Å². The molecular weight excluding hydrogens is 375 g/mol. The number of halogens is 1. The Bertz CT molecular complexity index is 1190. The monoisotopic (exact) mass is 396 g/mol. The van der Waals surface area contributed by atoms with E-state index in [9.17, 15) is 18.8 Å². The van der Waals surface area contributed by atoms with E-state index in [1.165, 1.54) is 16.7 Å². The molecule has 150 valence electrons. The lowest BCUT2D eigenvalue weighted by Crippen LogP contribution is -2.47. The number of aromatic nitrogens is 2. The molecule has 0 bridgehead atoms. The fourth-order valence-electron chi connectivity index (χ4n) is 3.60. The van der Waals surface area contributed by atoms with E-state index in [2.05, 4.69) is 9.88 Å². The number of hydrogen-bond acceptors (Lipinski definition) is 4. The van der Waals surface area contributed by atoms with E-state index >= 15 is 0 Å². The van der Waals surface area contributed by atoms with Crippen molar-refractivity contribution in [3.63, 3.8) is 0 Å². The maximum absolute atomic E-state index is 14.4. The van der Waals surface area contributed by atoms with Crippen LogP contribution in [-0.2, 0) is 6.54 Å². The molecule has 1 aromatic heterocycles. The molecule has 8 heteroatoms. The number of carbonyl (C=O) groups is 1. The first kappa shape index (κ1) is 19.1. The van der Waals surface area contributed by atoms with Crippen molar-refractivity contribution in [2.75, 3.05) is 33.2 Å². The Morgan fingerprint density at radius 2 is 1.79 bits per heavy atom. The number of likely N-dealkylation sites (N-methyl/N-ethyl adjacent to an activating group) is 1. The third-order valence-electron chi connectivity index (χ3n) is 5.30. The van der Waals surface area contributed by atoms with Gasteiger partial charge in [-0.3, -0.25) is 19.1 Å². The summed E-state index contributed by atoms with van der Waals surface area (Å²) in [6, 6.07) is 11.1. The molecule has 3 aromatic rings. The first-order chi connectivity index (χ1) is 13.9. The summed E-state index contributed by atoms with van der Waals surface area (Å²) in [4.78, 5) is 43.3. The van der Waals surface area contributed by atoms with Gasteiger partial charge in [-0.25, -0.2) is 9.18 Å². The lowest BCUT2D eigenvalue weighted by Gasteiger charge is -2.32. The largest absolute Gasteiger partial charge is 0.336 e. The van der Waals surface area contributed by atoms with Gasteiger partial charge in [0.2, 0.25) is 0 Å². The van der Waals surface area contributed by atoms with Crippen molar-refractivity contribution in [1.82, 2.24) is 19.4 Å². The Morgan fingerprint density at radius 3 is 2.55 bits per heavy atom. The van der Waals surface area contributed by atoms with Crippen LogP contribution in [0.1, 0.15) is 15.9 Å². The lowest BCUT2D eigenvalue weighted by molar-refractivity contribution is 0.0659. The molecule has 1 aliphatic rings. The number of para-hydroxylation sites is 1. The van der Waals surface area contributed by atoms with E-state index in [0.29, 0.717) is 29.6 Å². The summed E-state index contributed by atoms with van der Waals surface area (Å²) in [5, 5.41) is 0.392. The minimum Gasteiger partial charge on any atom is -0.336 e. The molecule has 0 radical (unpaired) electrons. The molecule has 0 unspecified atom stereocenters. The number of benzene rings is 2. The minimum absolute atomic E-state index is 0.00571. The molecule has 4 rings (SSSR count). The zero-order valence-electron chi connectivity index (χ0n) is 16.0. The van der Waals surface area contributed by atoms with Gasteiger partial charge in [-0.05, 0) is 36.9 Å². The van der Waals surface area contributed by atoms with E-state index in [4.69, 9.17) is 0 Å². The maximum Gasteiger partial charge on any atom is 0.329 e. The molecule has 29 heavy (non-hydrogen) atoms. The van der Waals surface area contributed by atoms with Gasteiger partial charge in [0.1, 0.15) is 5.82 Å². The van der Waals surface area contributed by atoms with Crippen LogP contribution < -0.4 is 11.2 Å². The van der Waals surface area contributed by atoms with Crippen molar-refractivity contribution in [2.24, 2.45) is 0 Å². The SMILES string of the molecule is CN1CCN(C(=O)c2cc(Cn3c(=O)[nH]c(=O)c4ccccc43)ccc2F)CC1. The van der Waals surface area contributed by atoms with Crippen LogP contribution in [0.2, 0.25) is 0 Å². The number of carbonyl (C=O) groups excluding carboxylic acids is 1. The van der Waals surface area contributed by atoms with Gasteiger partial charge in [-0.15, -0.1) is 0 Å². The number of aromatic amines is 1. The van der Waals surface area contributed by atoms with Crippen molar-refractivity contribution in [3.05, 3.63) is 80.2 Å². The minimum atomic E-state index is -0.587. The Kier molecular flexibility index (Phi) is 5.02. The number of H-pyrrole nitrogens is 1. The second-order valence-electron chi connectivity index (χ2n) is 7.27. The summed E-state index contributed by atoms with van der Waals surface area (Å²) in [5.41, 5.74) is 0.0754. The van der Waals surface area contributed by atoms with E-state index < -0.39 is 17.1 Å². The molecule has 2 heterocycles. The van der Waals surface area contributed by atoms with Gasteiger partial charge in [0.15, 0.2) is 0 Å². The Labute approximate surface area is 166 Å². The van der Waals surface area contributed by atoms with Gasteiger partial charge in [0.25, 0.3) is 11.5 Å². The third-order valence-corrected chi connectivity index (χ3v) is 5.30. The highest BCUT2D eigenvalue weighted by Gasteiger charge is 2.23. The quantitative estimate of drug-likeness (QED) is 0.723. The summed E-state index contributed by atoms with van der Waals surface area (Å²) >= 11 is 0. The summed E-state index contributed by atoms with van der Waals surface area (Å²) in [6.45, 7) is 2.68. The zero-order chi connectivity index (χ0) is 20.5. The number of rotatable bonds is 3. The predicted molar refractivity (Wildman–Crippen MR) is 108 cm³/mol. The normalized spacial score (nSPS) is 15.0. The van der Waals surface area contributed by atoms with Crippen molar-refractivity contribution in [1.29, 1.82) is 0 Å². The molecule has 7 nitrogen and oxygen atoms in total. The fourth-order valence-corrected chi connectivity index (χ4v) is 3.60. The molecular formula is C21H21FN4O3. The van der Waals surface area contributed by atoms with Crippen LogP contribution in [0.15, 0.2) is 52.1 Å². The highest BCUT2D eigenvalue weighted by atomic mass is 19.1. The van der Waals surface area contributed by atoms with Gasteiger partial charge < -0.3 is 9.80 Å². The summed E-state index contributed by atoms with van der Waals surface area (Å²) in [6.07, 6.45) is 0. The van der Waals surface area contributed by atoms with Crippen LogP contribution in [0.4, 0.5) is 4.39 Å². The maximum atomic E-state index is 14.4. The van der Waals surface area contributed by atoms with E-state index in [0.717, 1.165) is 13.1 Å². The summed E-state index contributed by atoms with van der Waals surface area (Å²) in [5.74, 6) is -0.938. The standard InChI is InChI=1S/C21H21FN4O3/c1-24-8-10-25(11-9-24)20(28)16-12-14(6-7-17(16)22)13-26-18-5-3-2-4-15(18)19(27)23-21(26)29/h2-7,12H,8-11,13H2,1H3,(H,23,27,29). The fraction of sp³-hybridized carbons (Fsp3) is 0.286. The van der Waals surface area contributed by atoms with Gasteiger partial charge in [-0.1, -0.05) is 18.2 Å². The number of hydrogen-bond donors (Lipinski definition) is 1. The number of nitrogens with zero attached hydrogens (tertiary/aromatic N) is 3. The zero-order valence-corrected chi connectivity index (χ0v) is 16.0. The molecule has 0 atom stereocenters. The molecule has 1 N–H and O–H groups in total. The van der Waals surface area contributed by atoms with Gasteiger partial charge >= 0.3 is 5.69 Å². The smallest absolute Gasteiger partial charge is 0.329 e. The van der Waals surface area contributed by atoms with E-state index in [-0.39, 0.29) is 18.0 Å². The highest BCUT2D eigenvalue weighted by molar-refractivity contribution is 5.94. The molecule has 1 fully saturated rings. The van der Waals surface area contributed by atoms with Crippen LogP contribution in [0.5, 0.6) is 0 Å². The van der Waals surface area contributed by atoms with Crippen LogP contribution in [0.25, 0.3) is 10.9 Å². The Morgan fingerprint density at radius 1 is 1.07 bits per heavy atom. The van der Waals surface area contributed by atoms with Crippen LogP contribution in [0, 0.1) is 5.82 Å². The molecule has 0 aliphatic carbocycles. The van der Waals surface area contributed by atoms with Crippen molar-refractivity contribution in [2.45, 2.75) is 6.54 Å². The summed E-state index contributed by atoms with van der Waals surface area (Å²) < 4.78 is 15.8. The summed E-state index contributed by atoms with van der Waals surface area (Å²) in [7, 11) is 1.98. The second kappa shape index (κ2) is 7.63. The third kappa shape index (κ3) is 3.71. The molecule has 0 spiro atoms. The van der Waals surface area contributed by atoms with Crippen molar-refractivity contribution in [3.8, 4) is 0 Å². The average Bonchev–Trinajstić information content (AvgIpc) is 2.72. The first-order valence-corrected chi connectivity index (χ1v) is 9.42. The average molecular weight is 396 g/mol. The second-order valence-corrected chi connectivity index (χ2v) is 7.27.